The molecule has 1 heterocycles. The summed E-state index contributed by atoms with van der Waals surface area (Å²) in [6.07, 6.45) is 4.08. The fraction of sp³-hybridized carbons (Fsp3) is 0.786. The molecule has 0 unspecified atom stereocenters. The van der Waals surface area contributed by atoms with E-state index < -0.39 is 6.16 Å². The second kappa shape index (κ2) is 6.39. The Labute approximate surface area is 113 Å². The van der Waals surface area contributed by atoms with E-state index in [4.69, 9.17) is 18.9 Å². The van der Waals surface area contributed by atoms with Crippen molar-refractivity contribution in [3.63, 3.8) is 0 Å². The molecule has 0 amide bonds. The van der Waals surface area contributed by atoms with Crippen molar-refractivity contribution >= 4 is 6.16 Å². The zero-order valence-corrected chi connectivity index (χ0v) is 11.8. The number of ether oxygens (including phenoxy) is 4. The Bertz CT molecular complexity index is 348. The van der Waals surface area contributed by atoms with Crippen LogP contribution in [-0.4, -0.2) is 37.2 Å². The smallest absolute Gasteiger partial charge is 0.434 e. The summed E-state index contributed by atoms with van der Waals surface area (Å²) < 4.78 is 21.4. The highest BCUT2D eigenvalue weighted by molar-refractivity contribution is 5.61. The van der Waals surface area contributed by atoms with Crippen molar-refractivity contribution in [3.05, 3.63) is 11.8 Å². The topological polar surface area (TPSA) is 57.3 Å². The first kappa shape index (κ1) is 14.3. The van der Waals surface area contributed by atoms with Crippen LogP contribution in [-0.2, 0) is 18.9 Å². The van der Waals surface area contributed by atoms with Crippen LogP contribution in [0.1, 0.15) is 40.0 Å². The lowest BCUT2D eigenvalue weighted by Crippen LogP contribution is -2.29. The Hall–Kier alpha value is -1.07. The molecule has 0 N–H and O–H groups in total. The van der Waals surface area contributed by atoms with Gasteiger partial charge in [-0.3, -0.25) is 0 Å². The summed E-state index contributed by atoms with van der Waals surface area (Å²) in [4.78, 5) is 11.3. The molecule has 1 aliphatic heterocycles. The minimum absolute atomic E-state index is 0.118. The molecule has 0 aromatic heterocycles. The highest BCUT2D eigenvalue weighted by Gasteiger charge is 2.49. The lowest BCUT2D eigenvalue weighted by Gasteiger charge is -2.22. The van der Waals surface area contributed by atoms with Gasteiger partial charge in [0.15, 0.2) is 0 Å². The number of rotatable bonds is 6. The predicted molar refractivity (Wildman–Crippen MR) is 68.7 cm³/mol. The first-order valence-electron chi connectivity index (χ1n) is 7.04. The number of epoxide rings is 1. The molecule has 0 spiro atoms. The van der Waals surface area contributed by atoms with Crippen molar-refractivity contribution in [1.29, 1.82) is 0 Å². The molecule has 19 heavy (non-hydrogen) atoms. The van der Waals surface area contributed by atoms with Gasteiger partial charge in [-0.05, 0) is 25.8 Å². The average Bonchev–Trinajstić information content (AvgIpc) is 3.15. The maximum absolute atomic E-state index is 11.3. The van der Waals surface area contributed by atoms with Crippen molar-refractivity contribution < 1.29 is 23.7 Å². The molecule has 0 saturated carbocycles. The number of hydrogen-bond donors (Lipinski definition) is 0. The van der Waals surface area contributed by atoms with Gasteiger partial charge in [-0.15, -0.1) is 0 Å². The van der Waals surface area contributed by atoms with E-state index >= 15 is 0 Å². The summed E-state index contributed by atoms with van der Waals surface area (Å²) in [5.74, 6) is 0.591. The Morgan fingerprint density at radius 2 is 2.16 bits per heavy atom. The third-order valence-corrected chi connectivity index (χ3v) is 3.43. The van der Waals surface area contributed by atoms with Crippen LogP contribution >= 0.6 is 0 Å². The van der Waals surface area contributed by atoms with Crippen molar-refractivity contribution in [1.82, 2.24) is 0 Å². The van der Waals surface area contributed by atoms with E-state index in [9.17, 15) is 4.79 Å². The summed E-state index contributed by atoms with van der Waals surface area (Å²) in [6, 6.07) is 0. The van der Waals surface area contributed by atoms with Crippen molar-refractivity contribution in [2.45, 2.75) is 64.4 Å². The monoisotopic (exact) mass is 270 g/mol. The molecule has 0 radical (unpaired) electrons. The molecule has 0 aromatic rings. The second-order valence-corrected chi connectivity index (χ2v) is 4.80. The summed E-state index contributed by atoms with van der Waals surface area (Å²) in [5.41, 5.74) is 0. The van der Waals surface area contributed by atoms with Crippen LogP contribution in [0, 0.1) is 0 Å². The number of fused-ring (bicyclic) bond motifs is 1. The standard InChI is InChI=1S/C14H22O5/c1-4-9(5-2)17-11-7-10(8-12-13(11)19-12)18-14(15)16-6-3/h7,9,11-13H,4-6,8H2,1-3H3/t11-,12+,13+/m1/s1. The van der Waals surface area contributed by atoms with Gasteiger partial charge in [-0.2, -0.15) is 0 Å². The van der Waals surface area contributed by atoms with E-state index in [0.29, 0.717) is 18.8 Å². The lowest BCUT2D eigenvalue weighted by molar-refractivity contribution is -0.00668. The predicted octanol–water partition coefficient (Wildman–Crippen LogP) is 2.79. The fourth-order valence-corrected chi connectivity index (χ4v) is 2.30. The van der Waals surface area contributed by atoms with Crippen molar-refractivity contribution in [2.24, 2.45) is 0 Å². The first-order chi connectivity index (χ1) is 9.17. The molecule has 0 bridgehead atoms. The van der Waals surface area contributed by atoms with Gasteiger partial charge in [0, 0.05) is 6.42 Å². The van der Waals surface area contributed by atoms with Crippen LogP contribution in [0.15, 0.2) is 11.8 Å². The zero-order chi connectivity index (χ0) is 13.8. The van der Waals surface area contributed by atoms with Gasteiger partial charge in [0.25, 0.3) is 0 Å². The Morgan fingerprint density at radius 3 is 2.79 bits per heavy atom. The Morgan fingerprint density at radius 1 is 1.42 bits per heavy atom. The highest BCUT2D eigenvalue weighted by atomic mass is 16.7. The first-order valence-corrected chi connectivity index (χ1v) is 7.04. The van der Waals surface area contributed by atoms with Crippen LogP contribution < -0.4 is 0 Å². The van der Waals surface area contributed by atoms with E-state index in [2.05, 4.69) is 13.8 Å². The number of carbonyl (C=O) groups is 1. The molecule has 2 aliphatic rings. The molecule has 1 saturated heterocycles. The Balaban J connectivity index is 1.93. The third-order valence-electron chi connectivity index (χ3n) is 3.43. The zero-order valence-electron chi connectivity index (χ0n) is 11.8. The van der Waals surface area contributed by atoms with Crippen LogP contribution in [0.4, 0.5) is 4.79 Å². The summed E-state index contributed by atoms with van der Waals surface area (Å²) in [6.45, 7) is 6.25. The van der Waals surface area contributed by atoms with Gasteiger partial charge in [-0.1, -0.05) is 13.8 Å². The van der Waals surface area contributed by atoms with E-state index in [-0.39, 0.29) is 24.4 Å². The minimum atomic E-state index is -0.658. The van der Waals surface area contributed by atoms with Gasteiger partial charge >= 0.3 is 6.16 Å². The maximum Gasteiger partial charge on any atom is 0.513 e. The maximum atomic E-state index is 11.3. The average molecular weight is 270 g/mol. The molecular weight excluding hydrogens is 248 g/mol. The quantitative estimate of drug-likeness (QED) is 0.548. The van der Waals surface area contributed by atoms with E-state index in [1.54, 1.807) is 6.92 Å². The van der Waals surface area contributed by atoms with Gasteiger partial charge in [0.2, 0.25) is 0 Å². The van der Waals surface area contributed by atoms with Crippen LogP contribution in [0.25, 0.3) is 0 Å². The van der Waals surface area contributed by atoms with Crippen molar-refractivity contribution in [2.75, 3.05) is 6.61 Å². The van der Waals surface area contributed by atoms with Gasteiger partial charge < -0.3 is 18.9 Å². The third kappa shape index (κ3) is 3.70. The molecule has 1 aliphatic carbocycles. The molecule has 108 valence electrons. The van der Waals surface area contributed by atoms with Gasteiger partial charge in [0.1, 0.15) is 18.0 Å². The summed E-state index contributed by atoms with van der Waals surface area (Å²) in [5, 5.41) is 0. The molecule has 2 rings (SSSR count). The van der Waals surface area contributed by atoms with E-state index in [0.717, 1.165) is 12.8 Å². The number of carbonyl (C=O) groups excluding carboxylic acids is 1. The Kier molecular flexibility index (Phi) is 4.82. The van der Waals surface area contributed by atoms with Crippen LogP contribution in [0.5, 0.6) is 0 Å². The van der Waals surface area contributed by atoms with Crippen LogP contribution in [0.3, 0.4) is 0 Å². The molecule has 5 nitrogen and oxygen atoms in total. The fourth-order valence-electron chi connectivity index (χ4n) is 2.30. The largest absolute Gasteiger partial charge is 0.513 e. The molecular formula is C14H22O5. The molecule has 1 fully saturated rings. The lowest BCUT2D eigenvalue weighted by atomic mass is 10.0. The SMILES string of the molecule is CCOC(=O)OC1=C[C@@H](OC(CC)CC)[C@@H]2O[C@H]2C1. The van der Waals surface area contributed by atoms with E-state index in [1.165, 1.54) is 0 Å². The molecule has 3 atom stereocenters. The minimum Gasteiger partial charge on any atom is -0.434 e. The van der Waals surface area contributed by atoms with Gasteiger partial charge in [0.05, 0.1) is 18.8 Å². The summed E-state index contributed by atoms with van der Waals surface area (Å²) >= 11 is 0. The van der Waals surface area contributed by atoms with Gasteiger partial charge in [-0.25, -0.2) is 4.79 Å². The normalized spacial score (nSPS) is 28.6. The number of hydrogen-bond acceptors (Lipinski definition) is 5. The molecule has 0 aromatic carbocycles. The van der Waals surface area contributed by atoms with Crippen LogP contribution in [0.2, 0.25) is 0 Å². The molecule has 5 heteroatoms. The van der Waals surface area contributed by atoms with Crippen molar-refractivity contribution in [3.8, 4) is 0 Å². The van der Waals surface area contributed by atoms with E-state index in [1.807, 2.05) is 6.08 Å². The summed E-state index contributed by atoms with van der Waals surface area (Å²) in [7, 11) is 0. The second-order valence-electron chi connectivity index (χ2n) is 4.80. The highest BCUT2D eigenvalue weighted by Crippen LogP contribution is 2.38.